The van der Waals surface area contributed by atoms with Crippen molar-refractivity contribution in [1.29, 1.82) is 0 Å². The lowest BCUT2D eigenvalue weighted by Crippen LogP contribution is -2.41. The molecule has 1 aromatic carbocycles. The lowest BCUT2D eigenvalue weighted by atomic mass is 10.1. The van der Waals surface area contributed by atoms with Crippen LogP contribution in [-0.2, 0) is 22.7 Å². The van der Waals surface area contributed by atoms with Crippen molar-refractivity contribution < 1.29 is 14.3 Å². The Morgan fingerprint density at radius 1 is 1.26 bits per heavy atom. The van der Waals surface area contributed by atoms with Gasteiger partial charge in [0.2, 0.25) is 5.91 Å². The number of rotatable bonds is 7. The van der Waals surface area contributed by atoms with E-state index in [-0.39, 0.29) is 5.91 Å². The fourth-order valence-corrected chi connectivity index (χ4v) is 3.81. The number of amides is 1. The second-order valence-electron chi connectivity index (χ2n) is 6.48. The maximum Gasteiger partial charge on any atom is 0.233 e. The van der Waals surface area contributed by atoms with Crippen LogP contribution < -0.4 is 4.74 Å². The number of morpholine rings is 1. The van der Waals surface area contributed by atoms with Gasteiger partial charge in [0, 0.05) is 19.6 Å². The standard InChI is InChI=1S/C19H26N4O3S/c1-4-23-17(12-26-16-11-14(2)5-6-15(16)3)20-21-19(23)27-13-18(24)22-7-9-25-10-8-22/h5-6,11H,4,7-10,12-13H2,1-3H3. The molecule has 0 radical (unpaired) electrons. The molecule has 2 heterocycles. The SMILES string of the molecule is CCn1c(COc2cc(C)ccc2C)nnc1SCC(=O)N1CCOCC1. The van der Waals surface area contributed by atoms with E-state index in [1.165, 1.54) is 11.8 Å². The Hall–Kier alpha value is -2.06. The van der Waals surface area contributed by atoms with Gasteiger partial charge in [-0.3, -0.25) is 4.79 Å². The van der Waals surface area contributed by atoms with E-state index in [0.29, 0.717) is 38.7 Å². The van der Waals surface area contributed by atoms with E-state index in [1.807, 2.05) is 42.4 Å². The van der Waals surface area contributed by atoms with Crippen LogP contribution in [0.3, 0.4) is 0 Å². The fraction of sp³-hybridized carbons (Fsp3) is 0.526. The average Bonchev–Trinajstić information content (AvgIpc) is 3.09. The highest BCUT2D eigenvalue weighted by molar-refractivity contribution is 7.99. The lowest BCUT2D eigenvalue weighted by molar-refractivity contribution is -0.132. The van der Waals surface area contributed by atoms with Crippen molar-refractivity contribution in [2.24, 2.45) is 0 Å². The topological polar surface area (TPSA) is 69.5 Å². The number of benzene rings is 1. The molecule has 0 saturated carbocycles. The molecule has 1 amide bonds. The second-order valence-corrected chi connectivity index (χ2v) is 7.43. The van der Waals surface area contributed by atoms with E-state index in [4.69, 9.17) is 9.47 Å². The van der Waals surface area contributed by atoms with Crippen molar-refractivity contribution in [2.45, 2.75) is 39.1 Å². The minimum atomic E-state index is 0.113. The summed E-state index contributed by atoms with van der Waals surface area (Å²) >= 11 is 1.42. The van der Waals surface area contributed by atoms with E-state index in [9.17, 15) is 4.79 Å². The van der Waals surface area contributed by atoms with Gasteiger partial charge in [0.1, 0.15) is 12.4 Å². The lowest BCUT2D eigenvalue weighted by Gasteiger charge is -2.26. The van der Waals surface area contributed by atoms with Gasteiger partial charge < -0.3 is 18.9 Å². The first kappa shape index (κ1) is 19.7. The summed E-state index contributed by atoms with van der Waals surface area (Å²) in [7, 11) is 0. The molecule has 0 spiro atoms. The van der Waals surface area contributed by atoms with Crippen LogP contribution >= 0.6 is 11.8 Å². The third-order valence-electron chi connectivity index (χ3n) is 4.50. The first-order valence-electron chi connectivity index (χ1n) is 9.19. The molecule has 2 aromatic rings. The molecular weight excluding hydrogens is 364 g/mol. The molecule has 0 atom stereocenters. The molecule has 8 heteroatoms. The molecule has 1 aliphatic heterocycles. The number of carbonyl (C=O) groups excluding carboxylic acids is 1. The molecule has 1 aliphatic rings. The van der Waals surface area contributed by atoms with E-state index < -0.39 is 0 Å². The molecule has 146 valence electrons. The quantitative estimate of drug-likeness (QED) is 0.677. The molecule has 1 aromatic heterocycles. The largest absolute Gasteiger partial charge is 0.485 e. The maximum absolute atomic E-state index is 12.3. The predicted octanol–water partition coefficient (Wildman–Crippen LogP) is 2.44. The van der Waals surface area contributed by atoms with Crippen LogP contribution in [0.4, 0.5) is 0 Å². The zero-order valence-corrected chi connectivity index (χ0v) is 16.9. The summed E-state index contributed by atoms with van der Waals surface area (Å²) in [6, 6.07) is 6.14. The number of thioether (sulfide) groups is 1. The molecule has 1 saturated heterocycles. The van der Waals surface area contributed by atoms with E-state index in [2.05, 4.69) is 16.3 Å². The summed E-state index contributed by atoms with van der Waals surface area (Å²) in [5.41, 5.74) is 2.25. The Morgan fingerprint density at radius 2 is 2.04 bits per heavy atom. The van der Waals surface area contributed by atoms with Gasteiger partial charge in [-0.15, -0.1) is 10.2 Å². The summed E-state index contributed by atoms with van der Waals surface area (Å²) in [6.45, 7) is 9.74. The van der Waals surface area contributed by atoms with E-state index in [0.717, 1.165) is 34.4 Å². The molecule has 0 bridgehead atoms. The molecule has 3 rings (SSSR count). The van der Waals surface area contributed by atoms with Gasteiger partial charge in [0.05, 0.1) is 19.0 Å². The molecule has 1 fully saturated rings. The highest BCUT2D eigenvalue weighted by atomic mass is 32.2. The van der Waals surface area contributed by atoms with Crippen molar-refractivity contribution >= 4 is 17.7 Å². The van der Waals surface area contributed by atoms with Gasteiger partial charge in [0.25, 0.3) is 0 Å². The van der Waals surface area contributed by atoms with Crippen molar-refractivity contribution in [3.63, 3.8) is 0 Å². The second kappa shape index (κ2) is 9.23. The zero-order chi connectivity index (χ0) is 19.2. The number of nitrogens with zero attached hydrogens (tertiary/aromatic N) is 4. The van der Waals surface area contributed by atoms with Crippen LogP contribution in [0, 0.1) is 13.8 Å². The molecule has 27 heavy (non-hydrogen) atoms. The fourth-order valence-electron chi connectivity index (χ4n) is 2.89. The van der Waals surface area contributed by atoms with Crippen LogP contribution in [-0.4, -0.2) is 57.6 Å². The van der Waals surface area contributed by atoms with Crippen LogP contribution in [0.5, 0.6) is 5.75 Å². The van der Waals surface area contributed by atoms with Crippen molar-refractivity contribution in [1.82, 2.24) is 19.7 Å². The zero-order valence-electron chi connectivity index (χ0n) is 16.1. The molecular formula is C19H26N4O3S. The number of aryl methyl sites for hydroxylation is 2. The van der Waals surface area contributed by atoms with Crippen molar-refractivity contribution in [3.8, 4) is 5.75 Å². The maximum atomic E-state index is 12.3. The summed E-state index contributed by atoms with van der Waals surface area (Å²) in [5.74, 6) is 2.09. The first-order valence-corrected chi connectivity index (χ1v) is 10.2. The predicted molar refractivity (Wildman–Crippen MR) is 104 cm³/mol. The van der Waals surface area contributed by atoms with Gasteiger partial charge in [-0.2, -0.15) is 0 Å². The molecule has 7 nitrogen and oxygen atoms in total. The highest BCUT2D eigenvalue weighted by Gasteiger charge is 2.19. The van der Waals surface area contributed by atoms with Gasteiger partial charge in [-0.05, 0) is 38.0 Å². The van der Waals surface area contributed by atoms with Crippen LogP contribution in [0.15, 0.2) is 23.4 Å². The van der Waals surface area contributed by atoms with Gasteiger partial charge in [0.15, 0.2) is 11.0 Å². The van der Waals surface area contributed by atoms with Crippen molar-refractivity contribution in [2.75, 3.05) is 32.1 Å². The summed E-state index contributed by atoms with van der Waals surface area (Å²) < 4.78 is 13.3. The third kappa shape index (κ3) is 5.01. The number of aromatic nitrogens is 3. The van der Waals surface area contributed by atoms with Crippen molar-refractivity contribution in [3.05, 3.63) is 35.2 Å². The molecule has 0 N–H and O–H groups in total. The van der Waals surface area contributed by atoms with Crippen LogP contribution in [0.2, 0.25) is 0 Å². The number of hydrogen-bond donors (Lipinski definition) is 0. The van der Waals surface area contributed by atoms with Crippen LogP contribution in [0.1, 0.15) is 23.9 Å². The Morgan fingerprint density at radius 3 is 2.78 bits per heavy atom. The molecule has 0 aliphatic carbocycles. The Kier molecular flexibility index (Phi) is 6.73. The van der Waals surface area contributed by atoms with Gasteiger partial charge >= 0.3 is 0 Å². The minimum Gasteiger partial charge on any atom is -0.485 e. The van der Waals surface area contributed by atoms with E-state index in [1.54, 1.807) is 0 Å². The number of ether oxygens (including phenoxy) is 2. The van der Waals surface area contributed by atoms with Gasteiger partial charge in [-0.1, -0.05) is 23.9 Å². The summed E-state index contributed by atoms with van der Waals surface area (Å²) in [6.07, 6.45) is 0. The Balaban J connectivity index is 1.60. The van der Waals surface area contributed by atoms with Crippen LogP contribution in [0.25, 0.3) is 0 Å². The Bertz CT molecular complexity index is 787. The Labute approximate surface area is 164 Å². The first-order chi connectivity index (χ1) is 13.1. The smallest absolute Gasteiger partial charge is 0.233 e. The molecule has 0 unspecified atom stereocenters. The third-order valence-corrected chi connectivity index (χ3v) is 5.45. The monoisotopic (exact) mass is 390 g/mol. The minimum absolute atomic E-state index is 0.113. The van der Waals surface area contributed by atoms with E-state index >= 15 is 0 Å². The van der Waals surface area contributed by atoms with Gasteiger partial charge in [-0.25, -0.2) is 0 Å². The summed E-state index contributed by atoms with van der Waals surface area (Å²) in [4.78, 5) is 14.2. The summed E-state index contributed by atoms with van der Waals surface area (Å²) in [5, 5.41) is 9.27. The normalized spacial score (nSPS) is 14.4. The number of carbonyl (C=O) groups is 1. The highest BCUT2D eigenvalue weighted by Crippen LogP contribution is 2.22. The average molecular weight is 391 g/mol. The number of hydrogen-bond acceptors (Lipinski definition) is 6.